The van der Waals surface area contributed by atoms with Crippen LogP contribution in [0.1, 0.15) is 25.8 Å². The SMILES string of the molecule is CCNC(=NCc1cc(F)ccc1Br)NC1CC1C. The molecule has 1 saturated carbocycles. The van der Waals surface area contributed by atoms with Gasteiger partial charge in [0.15, 0.2) is 5.96 Å². The Bertz CT molecular complexity index is 476. The lowest BCUT2D eigenvalue weighted by molar-refractivity contribution is 0.625. The van der Waals surface area contributed by atoms with Crippen LogP contribution in [-0.2, 0) is 6.54 Å². The second-order valence-electron chi connectivity index (χ2n) is 4.89. The molecule has 0 aliphatic heterocycles. The molecule has 2 atom stereocenters. The Morgan fingerprint density at radius 2 is 2.26 bits per heavy atom. The van der Waals surface area contributed by atoms with Crippen LogP contribution < -0.4 is 10.6 Å². The first kappa shape index (κ1) is 14.3. The molecule has 5 heteroatoms. The van der Waals surface area contributed by atoms with Gasteiger partial charge in [0, 0.05) is 17.1 Å². The Morgan fingerprint density at radius 3 is 2.89 bits per heavy atom. The zero-order valence-corrected chi connectivity index (χ0v) is 12.8. The smallest absolute Gasteiger partial charge is 0.191 e. The average molecular weight is 328 g/mol. The number of hydrogen-bond donors (Lipinski definition) is 2. The molecular formula is C14H19BrFN3. The van der Waals surface area contributed by atoms with Crippen LogP contribution in [0.2, 0.25) is 0 Å². The van der Waals surface area contributed by atoms with E-state index in [2.05, 4.69) is 38.5 Å². The zero-order chi connectivity index (χ0) is 13.8. The standard InChI is InChI=1S/C14H19BrFN3/c1-3-17-14(19-13-6-9(13)2)18-8-10-7-11(16)4-5-12(10)15/h4-5,7,9,13H,3,6,8H2,1-2H3,(H2,17,18,19). The third kappa shape index (κ3) is 4.20. The second-order valence-corrected chi connectivity index (χ2v) is 5.75. The van der Waals surface area contributed by atoms with Crippen LogP contribution in [0.15, 0.2) is 27.7 Å². The fraction of sp³-hybridized carbons (Fsp3) is 0.500. The predicted molar refractivity (Wildman–Crippen MR) is 79.6 cm³/mol. The number of aliphatic imine (C=N–C) groups is 1. The fourth-order valence-corrected chi connectivity index (χ4v) is 2.22. The summed E-state index contributed by atoms with van der Waals surface area (Å²) in [5.74, 6) is 1.28. The molecule has 0 amide bonds. The highest BCUT2D eigenvalue weighted by atomic mass is 79.9. The molecule has 3 nitrogen and oxygen atoms in total. The summed E-state index contributed by atoms with van der Waals surface area (Å²) in [4.78, 5) is 4.50. The van der Waals surface area contributed by atoms with E-state index < -0.39 is 0 Å². The maximum absolute atomic E-state index is 13.2. The molecule has 1 fully saturated rings. The molecule has 0 bridgehead atoms. The van der Waals surface area contributed by atoms with Crippen molar-refractivity contribution in [2.45, 2.75) is 32.9 Å². The van der Waals surface area contributed by atoms with E-state index in [-0.39, 0.29) is 5.82 Å². The number of guanidine groups is 1. The third-order valence-corrected chi connectivity index (χ3v) is 3.96. The van der Waals surface area contributed by atoms with E-state index in [1.54, 1.807) is 6.07 Å². The van der Waals surface area contributed by atoms with Gasteiger partial charge in [0.2, 0.25) is 0 Å². The Labute approximate surface area is 121 Å². The fourth-order valence-electron chi connectivity index (χ4n) is 1.85. The normalized spacial score (nSPS) is 22.2. The molecule has 2 rings (SSSR count). The van der Waals surface area contributed by atoms with Gasteiger partial charge in [-0.1, -0.05) is 22.9 Å². The van der Waals surface area contributed by atoms with Crippen LogP contribution in [0.25, 0.3) is 0 Å². The van der Waals surface area contributed by atoms with Gasteiger partial charge in [-0.3, -0.25) is 0 Å². The summed E-state index contributed by atoms with van der Waals surface area (Å²) >= 11 is 3.42. The molecule has 1 aliphatic carbocycles. The van der Waals surface area contributed by atoms with E-state index in [4.69, 9.17) is 0 Å². The summed E-state index contributed by atoms with van der Waals surface area (Å²) in [6, 6.07) is 5.18. The highest BCUT2D eigenvalue weighted by Crippen LogP contribution is 2.28. The molecule has 104 valence electrons. The molecule has 2 N–H and O–H groups in total. The van der Waals surface area contributed by atoms with Crippen molar-refractivity contribution in [2.24, 2.45) is 10.9 Å². The lowest BCUT2D eigenvalue weighted by Crippen LogP contribution is -2.39. The van der Waals surface area contributed by atoms with Crippen molar-refractivity contribution < 1.29 is 4.39 Å². The first-order valence-electron chi connectivity index (χ1n) is 6.59. The lowest BCUT2D eigenvalue weighted by atomic mass is 10.2. The maximum Gasteiger partial charge on any atom is 0.191 e. The van der Waals surface area contributed by atoms with Crippen LogP contribution in [0.5, 0.6) is 0 Å². The highest BCUT2D eigenvalue weighted by molar-refractivity contribution is 9.10. The molecule has 2 unspecified atom stereocenters. The van der Waals surface area contributed by atoms with Gasteiger partial charge in [0.25, 0.3) is 0 Å². The molecule has 0 aromatic heterocycles. The summed E-state index contributed by atoms with van der Waals surface area (Å²) in [7, 11) is 0. The minimum absolute atomic E-state index is 0.234. The van der Waals surface area contributed by atoms with E-state index in [1.807, 2.05) is 6.92 Å². The van der Waals surface area contributed by atoms with Gasteiger partial charge < -0.3 is 10.6 Å². The highest BCUT2D eigenvalue weighted by Gasteiger charge is 2.33. The van der Waals surface area contributed by atoms with Gasteiger partial charge in [0.05, 0.1) is 6.54 Å². The van der Waals surface area contributed by atoms with Crippen LogP contribution in [0, 0.1) is 11.7 Å². The largest absolute Gasteiger partial charge is 0.357 e. The molecule has 1 aromatic carbocycles. The van der Waals surface area contributed by atoms with Gasteiger partial charge in [0.1, 0.15) is 5.82 Å². The monoisotopic (exact) mass is 327 g/mol. The minimum atomic E-state index is -0.234. The molecule has 0 heterocycles. The lowest BCUT2D eigenvalue weighted by Gasteiger charge is -2.11. The number of benzene rings is 1. The van der Waals surface area contributed by atoms with Crippen LogP contribution in [-0.4, -0.2) is 18.5 Å². The first-order chi connectivity index (χ1) is 9.10. The van der Waals surface area contributed by atoms with E-state index in [0.29, 0.717) is 18.5 Å². The van der Waals surface area contributed by atoms with Crippen LogP contribution in [0.4, 0.5) is 4.39 Å². The Balaban J connectivity index is 2.02. The molecule has 0 spiro atoms. The molecule has 0 saturated heterocycles. The number of nitrogens with one attached hydrogen (secondary N) is 2. The quantitative estimate of drug-likeness (QED) is 0.658. The molecule has 19 heavy (non-hydrogen) atoms. The van der Waals surface area contributed by atoms with Crippen LogP contribution in [0.3, 0.4) is 0 Å². The Morgan fingerprint density at radius 1 is 1.53 bits per heavy atom. The number of rotatable bonds is 4. The van der Waals surface area contributed by atoms with Crippen molar-refractivity contribution in [2.75, 3.05) is 6.54 Å². The van der Waals surface area contributed by atoms with Gasteiger partial charge in [-0.15, -0.1) is 0 Å². The predicted octanol–water partition coefficient (Wildman–Crippen LogP) is 3.05. The van der Waals surface area contributed by atoms with Gasteiger partial charge in [-0.2, -0.15) is 0 Å². The molecule has 1 aliphatic rings. The van der Waals surface area contributed by atoms with Crippen molar-refractivity contribution in [3.05, 3.63) is 34.1 Å². The Kier molecular flexibility index (Phi) is 4.80. The van der Waals surface area contributed by atoms with E-state index in [0.717, 1.165) is 22.5 Å². The van der Waals surface area contributed by atoms with Crippen molar-refractivity contribution >= 4 is 21.9 Å². The minimum Gasteiger partial charge on any atom is -0.357 e. The topological polar surface area (TPSA) is 36.4 Å². The first-order valence-corrected chi connectivity index (χ1v) is 7.38. The Hall–Kier alpha value is -1.10. The number of nitrogens with zero attached hydrogens (tertiary/aromatic N) is 1. The molecule has 0 radical (unpaired) electrons. The average Bonchev–Trinajstić information content (AvgIpc) is 3.06. The molecule has 1 aromatic rings. The van der Waals surface area contributed by atoms with Gasteiger partial charge >= 0.3 is 0 Å². The maximum atomic E-state index is 13.2. The van der Waals surface area contributed by atoms with Gasteiger partial charge in [-0.25, -0.2) is 9.38 Å². The van der Waals surface area contributed by atoms with Crippen molar-refractivity contribution in [1.82, 2.24) is 10.6 Å². The third-order valence-electron chi connectivity index (χ3n) is 3.19. The second kappa shape index (κ2) is 6.37. The van der Waals surface area contributed by atoms with Crippen molar-refractivity contribution in [1.29, 1.82) is 0 Å². The summed E-state index contributed by atoms with van der Waals surface area (Å²) in [5.41, 5.74) is 0.848. The van der Waals surface area contributed by atoms with E-state index in [1.165, 1.54) is 18.6 Å². The summed E-state index contributed by atoms with van der Waals surface area (Å²) in [6.45, 7) is 5.52. The molecular weight excluding hydrogens is 309 g/mol. The van der Waals surface area contributed by atoms with E-state index >= 15 is 0 Å². The number of halogens is 2. The number of hydrogen-bond acceptors (Lipinski definition) is 1. The van der Waals surface area contributed by atoms with Crippen molar-refractivity contribution in [3.63, 3.8) is 0 Å². The van der Waals surface area contributed by atoms with Gasteiger partial charge in [-0.05, 0) is 43.0 Å². The summed E-state index contributed by atoms with van der Waals surface area (Å²) in [6.07, 6.45) is 1.19. The van der Waals surface area contributed by atoms with Crippen molar-refractivity contribution in [3.8, 4) is 0 Å². The summed E-state index contributed by atoms with van der Waals surface area (Å²) in [5, 5.41) is 6.58. The summed E-state index contributed by atoms with van der Waals surface area (Å²) < 4.78 is 14.1. The van der Waals surface area contributed by atoms with E-state index in [9.17, 15) is 4.39 Å². The van der Waals surface area contributed by atoms with Crippen LogP contribution >= 0.6 is 15.9 Å². The zero-order valence-electron chi connectivity index (χ0n) is 11.2.